The molecule has 5 N–H and O–H groups in total. The molecule has 0 bridgehead atoms. The molecule has 1 aliphatic heterocycles. The molecule has 0 amide bonds. The summed E-state index contributed by atoms with van der Waals surface area (Å²) in [6, 6.07) is 0. The van der Waals surface area contributed by atoms with Gasteiger partial charge < -0.3 is 25.0 Å². The Hall–Kier alpha value is -0.810. The van der Waals surface area contributed by atoms with E-state index in [4.69, 9.17) is 16.7 Å². The van der Waals surface area contributed by atoms with E-state index in [0.29, 0.717) is 0 Å². The van der Waals surface area contributed by atoms with E-state index in [-0.39, 0.29) is 46.2 Å². The van der Waals surface area contributed by atoms with Gasteiger partial charge in [-0.15, -0.1) is 0 Å². The van der Waals surface area contributed by atoms with Gasteiger partial charge in [0, 0.05) is 29.6 Å². The van der Waals surface area contributed by atoms with Crippen LogP contribution in [0.5, 0.6) is 0 Å². The number of hydrogen-bond donors (Lipinski definition) is 5. The van der Waals surface area contributed by atoms with Crippen molar-refractivity contribution in [3.63, 3.8) is 0 Å². The molecule has 4 atom stereocenters. The summed E-state index contributed by atoms with van der Waals surface area (Å²) in [6.07, 6.45) is -1.99. The summed E-state index contributed by atoms with van der Waals surface area (Å²) in [6.45, 7) is -0.437. The van der Waals surface area contributed by atoms with E-state index < -0.39 is 31.1 Å². The van der Waals surface area contributed by atoms with Crippen LogP contribution in [0.2, 0.25) is 1.41 Å². The van der Waals surface area contributed by atoms with E-state index in [0.717, 1.165) is 11.3 Å². The van der Waals surface area contributed by atoms with Crippen LogP contribution in [-0.2, 0) is 4.74 Å². The fraction of sp³-hybridized carbons (Fsp3) is 0.500. The normalized spacial score (nSPS) is 30.2. The molecule has 0 unspecified atom stereocenters. The predicted octanol–water partition coefficient (Wildman–Crippen LogP) is -2.53. The van der Waals surface area contributed by atoms with Crippen LogP contribution in [0.1, 0.15) is 6.23 Å². The zero-order valence-corrected chi connectivity index (χ0v) is 12.7. The van der Waals surface area contributed by atoms with Gasteiger partial charge in [0.15, 0.2) is 13.1 Å². The van der Waals surface area contributed by atoms with Gasteiger partial charge in [-0.25, -0.2) is 9.97 Å². The van der Waals surface area contributed by atoms with Crippen LogP contribution in [0, 0.1) is 5.41 Å². The van der Waals surface area contributed by atoms with E-state index in [9.17, 15) is 10.2 Å². The van der Waals surface area contributed by atoms with Crippen molar-refractivity contribution in [2.75, 3.05) is 6.61 Å². The van der Waals surface area contributed by atoms with Gasteiger partial charge in [0.1, 0.15) is 29.5 Å². The quantitative estimate of drug-likeness (QED) is 0.386. The third-order valence-corrected chi connectivity index (χ3v) is 3.15. The van der Waals surface area contributed by atoms with E-state index in [1.165, 1.54) is 10.9 Å². The summed E-state index contributed by atoms with van der Waals surface area (Å²) < 4.78 is 14.5. The molecule has 3 rings (SSSR count). The van der Waals surface area contributed by atoms with Crippen LogP contribution in [0.4, 0.5) is 0 Å². The topological polar surface area (TPSA) is 140 Å². The molecular formula is C10H13N5NaO4. The third kappa shape index (κ3) is 2.31. The summed E-state index contributed by atoms with van der Waals surface area (Å²) in [5.74, 6) is 0. The van der Waals surface area contributed by atoms with Gasteiger partial charge in [0.25, 0.3) is 0 Å². The standard InChI is InChI=1S/C10H13N5O4.Na/c11-8-5-9(13-2-12-8)15(3-14-5)10-7(18)6(17)4(1-16)19-10;/h2-4,6-7,10,16-18H,1H2,(H2,11,12,13);/t4-,6-,7-,10-;/m1./s1/i/hD. The van der Waals surface area contributed by atoms with E-state index in [1.807, 2.05) is 0 Å². The van der Waals surface area contributed by atoms with Crippen LogP contribution in [0.25, 0.3) is 11.2 Å². The van der Waals surface area contributed by atoms with Gasteiger partial charge >= 0.3 is 0 Å². The molecule has 0 aliphatic carbocycles. The molecule has 0 aromatic carbocycles. The van der Waals surface area contributed by atoms with Gasteiger partial charge in [-0.05, 0) is 0 Å². The number of imidazole rings is 1. The maximum Gasteiger partial charge on any atom is 0.176 e. The van der Waals surface area contributed by atoms with Crippen LogP contribution < -0.4 is 5.49 Å². The van der Waals surface area contributed by atoms with Crippen LogP contribution in [0.3, 0.4) is 0 Å². The monoisotopic (exact) mass is 291 g/mol. The first-order chi connectivity index (χ1) is 9.54. The number of aliphatic hydroxyl groups excluding tert-OH is 3. The Morgan fingerprint density at radius 1 is 1.45 bits per heavy atom. The Kier molecular flexibility index (Phi) is 4.17. The SMILES string of the molecule is [2H]n1cnc(=N)c2ncn([C@@H]3O[C@H](CO)[C@@H](O)[C@H]3O)c21.[Na]. The van der Waals surface area contributed by atoms with E-state index >= 15 is 0 Å². The number of aromatic nitrogens is 4. The zero-order valence-electron chi connectivity index (χ0n) is 11.7. The maximum atomic E-state index is 9.98. The van der Waals surface area contributed by atoms with Crippen molar-refractivity contribution in [3.8, 4) is 0 Å². The minimum atomic E-state index is -1.27. The molecule has 1 fully saturated rings. The number of nitrogens with one attached hydrogen (secondary N) is 2. The molecule has 20 heavy (non-hydrogen) atoms. The van der Waals surface area contributed by atoms with Crippen molar-refractivity contribution < 1.29 is 21.5 Å². The second-order valence-corrected chi connectivity index (χ2v) is 4.28. The number of ether oxygens (including phenoxy) is 1. The number of aliphatic hydroxyl groups is 3. The summed E-state index contributed by atoms with van der Waals surface area (Å²) in [5, 5.41) is 36.4. The summed E-state index contributed by atoms with van der Waals surface area (Å²) >= 11 is 0. The van der Waals surface area contributed by atoms with Crippen LogP contribution in [-0.4, -0.2) is 89.3 Å². The van der Waals surface area contributed by atoms with E-state index in [2.05, 4.69) is 9.97 Å². The second-order valence-electron chi connectivity index (χ2n) is 4.28. The molecule has 9 nitrogen and oxygen atoms in total. The van der Waals surface area contributed by atoms with Crippen LogP contribution in [0.15, 0.2) is 12.7 Å². The zero-order chi connectivity index (χ0) is 14.4. The fourth-order valence-electron chi connectivity index (χ4n) is 2.15. The number of aromatic amines is 1. The van der Waals surface area contributed by atoms with Crippen molar-refractivity contribution in [2.45, 2.75) is 24.5 Å². The number of hydrogen-bond acceptors (Lipinski definition) is 7. The third-order valence-electron chi connectivity index (χ3n) is 3.15. The molecule has 1 saturated heterocycles. The first-order valence-corrected chi connectivity index (χ1v) is 5.65. The van der Waals surface area contributed by atoms with Crippen molar-refractivity contribution in [2.24, 2.45) is 0 Å². The number of H-pyrrole nitrogens is 1. The summed E-state index contributed by atoms with van der Waals surface area (Å²) in [7, 11) is 0. The molecule has 2 aromatic rings. The minimum absolute atomic E-state index is 0. The molecular weight excluding hydrogens is 277 g/mol. The van der Waals surface area contributed by atoms with Crippen molar-refractivity contribution in [1.29, 1.82) is 5.41 Å². The first-order valence-electron chi connectivity index (χ1n) is 6.09. The number of fused-ring (bicyclic) bond motifs is 1. The minimum Gasteiger partial charge on any atom is -0.394 e. The smallest absolute Gasteiger partial charge is 0.176 e. The van der Waals surface area contributed by atoms with E-state index in [1.54, 1.807) is 0 Å². The maximum absolute atomic E-state index is 9.98. The second kappa shape index (κ2) is 5.90. The molecule has 1 aliphatic rings. The van der Waals surface area contributed by atoms with Crippen LogP contribution >= 0.6 is 0 Å². The average Bonchev–Trinajstić information content (AvgIpc) is 2.99. The molecule has 3 heterocycles. The summed E-state index contributed by atoms with van der Waals surface area (Å²) in [4.78, 5) is 8.55. The number of nitrogens with zero attached hydrogens (tertiary/aromatic N) is 3. The van der Waals surface area contributed by atoms with Crippen molar-refractivity contribution >= 4 is 40.7 Å². The molecule has 0 spiro atoms. The first kappa shape index (κ1) is 14.1. The Labute approximate surface area is 136 Å². The van der Waals surface area contributed by atoms with Gasteiger partial charge in [-0.2, -0.15) is 0 Å². The Bertz CT molecular complexity index is 706. The van der Waals surface area contributed by atoms with Gasteiger partial charge in [-0.3, -0.25) is 9.98 Å². The molecule has 10 heteroatoms. The molecule has 2 aromatic heterocycles. The van der Waals surface area contributed by atoms with Gasteiger partial charge in [-0.1, -0.05) is 0 Å². The predicted molar refractivity (Wildman–Crippen MR) is 66.5 cm³/mol. The van der Waals surface area contributed by atoms with Crippen molar-refractivity contribution in [3.05, 3.63) is 18.1 Å². The summed E-state index contributed by atoms with van der Waals surface area (Å²) in [5.41, 5.74) is 0.286. The van der Waals surface area contributed by atoms with Gasteiger partial charge in [0.2, 0.25) is 0 Å². The fourth-order valence-corrected chi connectivity index (χ4v) is 2.15. The molecule has 0 saturated carbocycles. The largest absolute Gasteiger partial charge is 0.394 e. The molecule has 103 valence electrons. The van der Waals surface area contributed by atoms with Gasteiger partial charge in [0.05, 0.1) is 19.3 Å². The average molecular weight is 291 g/mol. The Morgan fingerprint density at radius 2 is 2.20 bits per heavy atom. The van der Waals surface area contributed by atoms with Crippen molar-refractivity contribution in [1.82, 2.24) is 19.5 Å². The number of rotatable bonds is 2. The molecule has 1 radical (unpaired) electrons. The Balaban J connectivity index is 0.00000161. The Morgan fingerprint density at radius 3 is 2.85 bits per heavy atom.